The van der Waals surface area contributed by atoms with Crippen molar-refractivity contribution in [1.82, 2.24) is 4.57 Å². The SMILES string of the molecule is CC(O)c1cn(CCN)c2ccc(Br)cc12. The first-order valence-electron chi connectivity index (χ1n) is 5.30. The van der Waals surface area contributed by atoms with Gasteiger partial charge in [-0.25, -0.2) is 0 Å². The van der Waals surface area contributed by atoms with Gasteiger partial charge in [0.15, 0.2) is 0 Å². The average molecular weight is 283 g/mol. The highest BCUT2D eigenvalue weighted by Gasteiger charge is 2.12. The summed E-state index contributed by atoms with van der Waals surface area (Å²) in [5.41, 5.74) is 7.64. The Hall–Kier alpha value is -0.840. The van der Waals surface area contributed by atoms with Crippen LogP contribution in [-0.4, -0.2) is 16.2 Å². The van der Waals surface area contributed by atoms with Crippen LogP contribution in [0.4, 0.5) is 0 Å². The van der Waals surface area contributed by atoms with Gasteiger partial charge in [-0.1, -0.05) is 15.9 Å². The van der Waals surface area contributed by atoms with Crippen molar-refractivity contribution >= 4 is 26.8 Å². The van der Waals surface area contributed by atoms with E-state index in [1.807, 2.05) is 24.4 Å². The maximum atomic E-state index is 9.73. The van der Waals surface area contributed by atoms with Crippen molar-refractivity contribution in [3.63, 3.8) is 0 Å². The number of rotatable bonds is 3. The molecule has 4 heteroatoms. The Morgan fingerprint density at radius 2 is 2.25 bits per heavy atom. The number of hydrogen-bond donors (Lipinski definition) is 2. The van der Waals surface area contributed by atoms with E-state index in [-0.39, 0.29) is 0 Å². The summed E-state index contributed by atoms with van der Waals surface area (Å²) in [6.07, 6.45) is 1.52. The van der Waals surface area contributed by atoms with Crippen LogP contribution >= 0.6 is 15.9 Å². The number of nitrogens with zero attached hydrogens (tertiary/aromatic N) is 1. The summed E-state index contributed by atoms with van der Waals surface area (Å²) in [6, 6.07) is 6.08. The highest BCUT2D eigenvalue weighted by Crippen LogP contribution is 2.28. The Balaban J connectivity index is 2.66. The van der Waals surface area contributed by atoms with E-state index in [1.165, 1.54) is 0 Å². The van der Waals surface area contributed by atoms with Gasteiger partial charge in [0, 0.05) is 40.2 Å². The zero-order valence-electron chi connectivity index (χ0n) is 9.15. The van der Waals surface area contributed by atoms with E-state index in [1.54, 1.807) is 6.92 Å². The van der Waals surface area contributed by atoms with Crippen LogP contribution in [0.2, 0.25) is 0 Å². The lowest BCUT2D eigenvalue weighted by Crippen LogP contribution is -2.08. The van der Waals surface area contributed by atoms with Gasteiger partial charge in [-0.3, -0.25) is 0 Å². The Bertz CT molecular complexity index is 505. The molecule has 0 bridgehead atoms. The Morgan fingerprint density at radius 3 is 2.88 bits per heavy atom. The van der Waals surface area contributed by atoms with Gasteiger partial charge >= 0.3 is 0 Å². The van der Waals surface area contributed by atoms with Crippen LogP contribution in [0, 0.1) is 0 Å². The number of fused-ring (bicyclic) bond motifs is 1. The smallest absolute Gasteiger partial charge is 0.0782 e. The van der Waals surface area contributed by atoms with E-state index >= 15 is 0 Å². The lowest BCUT2D eigenvalue weighted by atomic mass is 10.1. The monoisotopic (exact) mass is 282 g/mol. The van der Waals surface area contributed by atoms with E-state index in [0.29, 0.717) is 6.54 Å². The van der Waals surface area contributed by atoms with Gasteiger partial charge in [-0.15, -0.1) is 0 Å². The van der Waals surface area contributed by atoms with Gasteiger partial charge in [0.1, 0.15) is 0 Å². The average Bonchev–Trinajstić information content (AvgIpc) is 2.57. The van der Waals surface area contributed by atoms with Crippen molar-refractivity contribution in [3.05, 3.63) is 34.4 Å². The third kappa shape index (κ3) is 2.00. The molecule has 1 heterocycles. The van der Waals surface area contributed by atoms with E-state index in [0.717, 1.165) is 27.5 Å². The van der Waals surface area contributed by atoms with Gasteiger partial charge in [0.05, 0.1) is 6.10 Å². The number of aromatic nitrogens is 1. The molecule has 3 nitrogen and oxygen atoms in total. The molecule has 0 aliphatic carbocycles. The summed E-state index contributed by atoms with van der Waals surface area (Å²) in [5, 5.41) is 10.8. The van der Waals surface area contributed by atoms with Gasteiger partial charge in [0.2, 0.25) is 0 Å². The summed E-state index contributed by atoms with van der Waals surface area (Å²) in [7, 11) is 0. The molecule has 86 valence electrons. The Labute approximate surface area is 103 Å². The van der Waals surface area contributed by atoms with Crippen molar-refractivity contribution in [2.45, 2.75) is 19.6 Å². The van der Waals surface area contributed by atoms with E-state index in [2.05, 4.69) is 20.5 Å². The topological polar surface area (TPSA) is 51.2 Å². The van der Waals surface area contributed by atoms with Crippen molar-refractivity contribution in [3.8, 4) is 0 Å². The van der Waals surface area contributed by atoms with Crippen molar-refractivity contribution in [2.24, 2.45) is 5.73 Å². The molecule has 2 aromatic rings. The van der Waals surface area contributed by atoms with Crippen LogP contribution in [0.15, 0.2) is 28.9 Å². The summed E-state index contributed by atoms with van der Waals surface area (Å²) < 4.78 is 3.11. The van der Waals surface area contributed by atoms with Crippen molar-refractivity contribution in [2.75, 3.05) is 6.54 Å². The molecule has 1 aromatic carbocycles. The third-order valence-corrected chi connectivity index (χ3v) is 3.19. The standard InChI is InChI=1S/C12H15BrN2O/c1-8(16)11-7-15(5-4-14)12-3-2-9(13)6-10(11)12/h2-3,6-8,16H,4-5,14H2,1H3. The molecule has 0 aliphatic heterocycles. The second kappa shape index (κ2) is 4.57. The highest BCUT2D eigenvalue weighted by molar-refractivity contribution is 9.10. The molecule has 2 rings (SSSR count). The molecule has 0 amide bonds. The molecule has 0 saturated heterocycles. The second-order valence-electron chi connectivity index (χ2n) is 3.90. The molecule has 3 N–H and O–H groups in total. The minimum atomic E-state index is -0.462. The van der Waals surface area contributed by atoms with Crippen LogP contribution in [0.5, 0.6) is 0 Å². The molecular weight excluding hydrogens is 268 g/mol. The van der Waals surface area contributed by atoms with Crippen LogP contribution in [-0.2, 0) is 6.54 Å². The number of hydrogen-bond acceptors (Lipinski definition) is 2. The number of aliphatic hydroxyl groups is 1. The fraction of sp³-hybridized carbons (Fsp3) is 0.333. The van der Waals surface area contributed by atoms with Crippen LogP contribution in [0.1, 0.15) is 18.6 Å². The Morgan fingerprint density at radius 1 is 1.50 bits per heavy atom. The zero-order chi connectivity index (χ0) is 11.7. The zero-order valence-corrected chi connectivity index (χ0v) is 10.7. The minimum Gasteiger partial charge on any atom is -0.389 e. The maximum Gasteiger partial charge on any atom is 0.0782 e. The van der Waals surface area contributed by atoms with Gasteiger partial charge in [0.25, 0.3) is 0 Å². The van der Waals surface area contributed by atoms with Gasteiger partial charge < -0.3 is 15.4 Å². The van der Waals surface area contributed by atoms with Crippen LogP contribution in [0.3, 0.4) is 0 Å². The predicted molar refractivity (Wildman–Crippen MR) is 69.3 cm³/mol. The minimum absolute atomic E-state index is 0.462. The van der Waals surface area contributed by atoms with E-state index < -0.39 is 6.10 Å². The molecular formula is C12H15BrN2O. The predicted octanol–water partition coefficient (Wildman–Crippen LogP) is 2.42. The quantitative estimate of drug-likeness (QED) is 0.909. The first kappa shape index (κ1) is 11.6. The normalized spacial score (nSPS) is 13.2. The number of aliphatic hydroxyl groups excluding tert-OH is 1. The fourth-order valence-electron chi connectivity index (χ4n) is 1.95. The molecule has 1 aromatic heterocycles. The Kier molecular flexibility index (Phi) is 3.33. The van der Waals surface area contributed by atoms with Gasteiger partial charge in [-0.05, 0) is 25.1 Å². The lowest BCUT2D eigenvalue weighted by Gasteiger charge is -2.02. The van der Waals surface area contributed by atoms with Crippen LogP contribution in [0.25, 0.3) is 10.9 Å². The molecule has 0 spiro atoms. The summed E-state index contributed by atoms with van der Waals surface area (Å²) in [6.45, 7) is 3.15. The molecule has 16 heavy (non-hydrogen) atoms. The first-order valence-corrected chi connectivity index (χ1v) is 6.09. The summed E-state index contributed by atoms with van der Waals surface area (Å²) >= 11 is 3.45. The summed E-state index contributed by atoms with van der Waals surface area (Å²) in [4.78, 5) is 0. The van der Waals surface area contributed by atoms with E-state index in [4.69, 9.17) is 5.73 Å². The molecule has 1 unspecified atom stereocenters. The fourth-order valence-corrected chi connectivity index (χ4v) is 2.31. The summed E-state index contributed by atoms with van der Waals surface area (Å²) in [5.74, 6) is 0. The molecule has 0 radical (unpaired) electrons. The van der Waals surface area contributed by atoms with E-state index in [9.17, 15) is 5.11 Å². The lowest BCUT2D eigenvalue weighted by molar-refractivity contribution is 0.200. The first-order chi connectivity index (χ1) is 7.63. The van der Waals surface area contributed by atoms with Crippen molar-refractivity contribution < 1.29 is 5.11 Å². The number of benzene rings is 1. The number of nitrogens with two attached hydrogens (primary N) is 1. The largest absolute Gasteiger partial charge is 0.389 e. The highest BCUT2D eigenvalue weighted by atomic mass is 79.9. The molecule has 0 fully saturated rings. The maximum absolute atomic E-state index is 9.73. The molecule has 0 saturated carbocycles. The molecule has 1 atom stereocenters. The van der Waals surface area contributed by atoms with Crippen molar-refractivity contribution in [1.29, 1.82) is 0 Å². The third-order valence-electron chi connectivity index (χ3n) is 2.69. The number of halogens is 1. The molecule has 0 aliphatic rings. The van der Waals surface area contributed by atoms with Gasteiger partial charge in [-0.2, -0.15) is 0 Å². The second-order valence-corrected chi connectivity index (χ2v) is 4.82. The van der Waals surface area contributed by atoms with Crippen LogP contribution < -0.4 is 5.73 Å².